The zero-order valence-electron chi connectivity index (χ0n) is 7.94. The molecule has 1 aromatic rings. The van der Waals surface area contributed by atoms with Gasteiger partial charge in [0.2, 0.25) is 0 Å². The Kier molecular flexibility index (Phi) is 4.72. The van der Waals surface area contributed by atoms with Crippen molar-refractivity contribution in [3.05, 3.63) is 30.3 Å². The number of anilines is 1. The van der Waals surface area contributed by atoms with Crippen molar-refractivity contribution in [2.45, 2.75) is 6.42 Å². The summed E-state index contributed by atoms with van der Waals surface area (Å²) in [6, 6.07) is 10.1. The predicted molar refractivity (Wildman–Crippen MR) is 61.0 cm³/mol. The minimum Gasteiger partial charge on any atom is -0.311 e. The summed E-state index contributed by atoms with van der Waals surface area (Å²) in [7, 11) is 0. The molecule has 13 heavy (non-hydrogen) atoms. The van der Waals surface area contributed by atoms with Gasteiger partial charge in [0.1, 0.15) is 0 Å². The zero-order valence-corrected chi connectivity index (χ0v) is 8.76. The minimum absolute atomic E-state index is 0.921. The molecule has 0 saturated carbocycles. The van der Waals surface area contributed by atoms with Crippen LogP contribution in [0.2, 0.25) is 0 Å². The van der Waals surface area contributed by atoms with Gasteiger partial charge in [-0.15, -0.1) is 0 Å². The third-order valence-electron chi connectivity index (χ3n) is 1.84. The molecule has 0 aliphatic rings. The number of hydrogen-bond donors (Lipinski definition) is 1. The predicted octanol–water partition coefficient (Wildman–Crippen LogP) is 2.12. The summed E-state index contributed by atoms with van der Waals surface area (Å²) in [6.07, 6.45) is 3.25. The molecule has 0 bridgehead atoms. The van der Waals surface area contributed by atoms with Gasteiger partial charge in [0.25, 0.3) is 0 Å². The number of nitrogens with zero attached hydrogens (tertiary/aromatic N) is 1. The highest BCUT2D eigenvalue weighted by atomic mass is 32.2. The molecule has 0 saturated heterocycles. The number of nitrogens with two attached hydrogens (primary N) is 1. The van der Waals surface area contributed by atoms with Gasteiger partial charge in [-0.3, -0.25) is 0 Å². The fourth-order valence-electron chi connectivity index (χ4n) is 1.13. The van der Waals surface area contributed by atoms with Crippen LogP contribution in [0.25, 0.3) is 0 Å². The molecule has 2 N–H and O–H groups in total. The monoisotopic (exact) mass is 196 g/mol. The van der Waals surface area contributed by atoms with Crippen LogP contribution in [0.4, 0.5) is 5.69 Å². The van der Waals surface area contributed by atoms with Crippen molar-refractivity contribution in [3.63, 3.8) is 0 Å². The molecule has 72 valence electrons. The number of thioether (sulfide) groups is 1. The summed E-state index contributed by atoms with van der Waals surface area (Å²) in [5.74, 6) is 7.03. The van der Waals surface area contributed by atoms with Crippen molar-refractivity contribution in [3.8, 4) is 0 Å². The first-order valence-electron chi connectivity index (χ1n) is 4.41. The van der Waals surface area contributed by atoms with Gasteiger partial charge in [-0.05, 0) is 30.6 Å². The van der Waals surface area contributed by atoms with Gasteiger partial charge in [-0.1, -0.05) is 18.2 Å². The third kappa shape index (κ3) is 3.70. The van der Waals surface area contributed by atoms with E-state index in [9.17, 15) is 0 Å². The molecular formula is C10H16N2S. The largest absolute Gasteiger partial charge is 0.311 e. The van der Waals surface area contributed by atoms with E-state index in [4.69, 9.17) is 5.84 Å². The molecule has 1 rings (SSSR count). The van der Waals surface area contributed by atoms with Crippen LogP contribution in [0.15, 0.2) is 30.3 Å². The number of hydrazine groups is 1. The third-order valence-corrected chi connectivity index (χ3v) is 2.53. The molecule has 0 amide bonds. The van der Waals surface area contributed by atoms with E-state index in [1.807, 2.05) is 42.1 Å². The lowest BCUT2D eigenvalue weighted by Gasteiger charge is -2.17. The molecule has 3 heteroatoms. The maximum atomic E-state index is 5.86. The number of benzene rings is 1. The van der Waals surface area contributed by atoms with Gasteiger partial charge in [0.15, 0.2) is 0 Å². The second-order valence-electron chi connectivity index (χ2n) is 2.88. The molecule has 0 heterocycles. The van der Waals surface area contributed by atoms with Crippen LogP contribution in [0, 0.1) is 0 Å². The Morgan fingerprint density at radius 1 is 1.31 bits per heavy atom. The highest BCUT2D eigenvalue weighted by Gasteiger charge is 1.98. The summed E-state index contributed by atoms with van der Waals surface area (Å²) in [6.45, 7) is 0.921. The first-order chi connectivity index (χ1) is 6.34. The van der Waals surface area contributed by atoms with Crippen LogP contribution < -0.4 is 10.9 Å². The Morgan fingerprint density at radius 2 is 2.00 bits per heavy atom. The van der Waals surface area contributed by atoms with Crippen molar-refractivity contribution < 1.29 is 0 Å². The van der Waals surface area contributed by atoms with Gasteiger partial charge in [-0.2, -0.15) is 11.8 Å². The van der Waals surface area contributed by atoms with Crippen molar-refractivity contribution in [2.75, 3.05) is 23.6 Å². The quantitative estimate of drug-likeness (QED) is 0.444. The lowest BCUT2D eigenvalue weighted by Crippen LogP contribution is -2.31. The van der Waals surface area contributed by atoms with Crippen LogP contribution in [-0.2, 0) is 0 Å². The molecule has 0 unspecified atom stereocenters. The molecule has 0 radical (unpaired) electrons. The molecule has 0 fully saturated rings. The van der Waals surface area contributed by atoms with E-state index in [0.29, 0.717) is 0 Å². The van der Waals surface area contributed by atoms with Crippen molar-refractivity contribution in [1.82, 2.24) is 0 Å². The lowest BCUT2D eigenvalue weighted by atomic mass is 10.3. The van der Waals surface area contributed by atoms with E-state index >= 15 is 0 Å². The summed E-state index contributed by atoms with van der Waals surface area (Å²) < 4.78 is 0. The van der Waals surface area contributed by atoms with Crippen LogP contribution >= 0.6 is 11.8 Å². The molecule has 0 spiro atoms. The second kappa shape index (κ2) is 5.89. The normalized spacial score (nSPS) is 10.0. The molecule has 2 nitrogen and oxygen atoms in total. The summed E-state index contributed by atoms with van der Waals surface area (Å²) in [5.41, 5.74) is 1.09. The van der Waals surface area contributed by atoms with Crippen molar-refractivity contribution >= 4 is 17.4 Å². The van der Waals surface area contributed by atoms with Crippen LogP contribution in [-0.4, -0.2) is 18.6 Å². The Bertz CT molecular complexity index is 226. The topological polar surface area (TPSA) is 29.3 Å². The fourth-order valence-corrected chi connectivity index (χ4v) is 1.55. The first kappa shape index (κ1) is 10.4. The number of para-hydroxylation sites is 1. The average Bonchev–Trinajstić information content (AvgIpc) is 2.19. The van der Waals surface area contributed by atoms with Crippen molar-refractivity contribution in [1.29, 1.82) is 0 Å². The van der Waals surface area contributed by atoms with Crippen LogP contribution in [0.3, 0.4) is 0 Å². The van der Waals surface area contributed by atoms with Crippen molar-refractivity contribution in [2.24, 2.45) is 5.84 Å². The maximum absolute atomic E-state index is 5.86. The van der Waals surface area contributed by atoms with E-state index in [-0.39, 0.29) is 0 Å². The van der Waals surface area contributed by atoms with Gasteiger partial charge in [0.05, 0.1) is 5.69 Å². The highest BCUT2D eigenvalue weighted by molar-refractivity contribution is 7.98. The van der Waals surface area contributed by atoms with Gasteiger partial charge >= 0.3 is 0 Å². The highest BCUT2D eigenvalue weighted by Crippen LogP contribution is 2.09. The Hall–Kier alpha value is -0.670. The van der Waals surface area contributed by atoms with E-state index in [1.165, 1.54) is 5.75 Å². The first-order valence-corrected chi connectivity index (χ1v) is 5.80. The SMILES string of the molecule is CSCCCN(N)c1ccccc1. The lowest BCUT2D eigenvalue weighted by molar-refractivity contribution is 0.811. The van der Waals surface area contributed by atoms with Gasteiger partial charge < -0.3 is 5.01 Å². The van der Waals surface area contributed by atoms with E-state index in [2.05, 4.69) is 6.26 Å². The number of rotatable bonds is 5. The van der Waals surface area contributed by atoms with E-state index in [0.717, 1.165) is 18.7 Å². The second-order valence-corrected chi connectivity index (χ2v) is 3.86. The van der Waals surface area contributed by atoms with Crippen LogP contribution in [0.1, 0.15) is 6.42 Å². The molecule has 0 aliphatic heterocycles. The smallest absolute Gasteiger partial charge is 0.0517 e. The Morgan fingerprint density at radius 3 is 2.62 bits per heavy atom. The van der Waals surface area contributed by atoms with Gasteiger partial charge in [-0.25, -0.2) is 5.84 Å². The maximum Gasteiger partial charge on any atom is 0.0517 e. The fraction of sp³-hybridized carbons (Fsp3) is 0.400. The molecular weight excluding hydrogens is 180 g/mol. The average molecular weight is 196 g/mol. The summed E-state index contributed by atoms with van der Waals surface area (Å²) in [4.78, 5) is 0. The summed E-state index contributed by atoms with van der Waals surface area (Å²) in [5, 5.41) is 1.80. The Labute approximate surface area is 84.1 Å². The molecule has 1 aromatic carbocycles. The summed E-state index contributed by atoms with van der Waals surface area (Å²) >= 11 is 1.86. The van der Waals surface area contributed by atoms with Gasteiger partial charge in [0, 0.05) is 6.54 Å². The standard InChI is InChI=1S/C10H16N2S/c1-13-9-5-8-12(11)10-6-3-2-4-7-10/h2-4,6-7H,5,8-9,11H2,1H3. The zero-order chi connectivity index (χ0) is 9.52. The van der Waals surface area contributed by atoms with E-state index < -0.39 is 0 Å². The van der Waals surface area contributed by atoms with Crippen LogP contribution in [0.5, 0.6) is 0 Å². The number of hydrogen-bond acceptors (Lipinski definition) is 3. The molecule has 0 aromatic heterocycles. The minimum atomic E-state index is 0.921. The molecule has 0 aliphatic carbocycles. The Balaban J connectivity index is 2.35. The van der Waals surface area contributed by atoms with E-state index in [1.54, 1.807) is 5.01 Å². The molecule has 0 atom stereocenters.